The Balaban J connectivity index is 1.59. The smallest absolute Gasteiger partial charge is 0.376 e. The SMILES string of the molecule is C[C@H]1CN(C[C@@H]2CN(S(=O)(=O)c3cccs3)CCN2c2ccc(C(C)(O)C(F)(F)F)cc2)CCO1. The zero-order chi connectivity index (χ0) is 25.4. The van der Waals surface area contributed by atoms with Crippen LogP contribution < -0.4 is 4.90 Å². The molecule has 1 aromatic carbocycles. The zero-order valence-electron chi connectivity index (χ0n) is 19.6. The number of morpholine rings is 1. The van der Waals surface area contributed by atoms with E-state index in [0.717, 1.165) is 20.0 Å². The first-order valence-corrected chi connectivity index (χ1v) is 13.8. The zero-order valence-corrected chi connectivity index (χ0v) is 21.2. The molecule has 7 nitrogen and oxygen atoms in total. The van der Waals surface area contributed by atoms with E-state index in [4.69, 9.17) is 4.74 Å². The second-order valence-electron chi connectivity index (χ2n) is 9.20. The molecule has 0 bridgehead atoms. The normalized spacial score (nSPS) is 24.9. The Hall–Kier alpha value is -1.70. The van der Waals surface area contributed by atoms with E-state index in [2.05, 4.69) is 4.90 Å². The van der Waals surface area contributed by atoms with Gasteiger partial charge in [-0.2, -0.15) is 17.5 Å². The molecule has 2 aliphatic heterocycles. The van der Waals surface area contributed by atoms with Crippen LogP contribution in [0.4, 0.5) is 18.9 Å². The summed E-state index contributed by atoms with van der Waals surface area (Å²) in [7, 11) is -3.63. The van der Waals surface area contributed by atoms with Crippen LogP contribution in [0.15, 0.2) is 46.0 Å². The maximum atomic E-state index is 13.3. The minimum absolute atomic E-state index is 0.0654. The number of aliphatic hydroxyl groups is 1. The maximum absolute atomic E-state index is 13.3. The van der Waals surface area contributed by atoms with Crippen LogP contribution in [0.5, 0.6) is 0 Å². The van der Waals surface area contributed by atoms with Crippen LogP contribution in [-0.2, 0) is 20.4 Å². The third kappa shape index (κ3) is 5.52. The molecule has 1 N–H and O–H groups in total. The lowest BCUT2D eigenvalue weighted by Crippen LogP contribution is -2.59. The number of halogens is 3. The maximum Gasteiger partial charge on any atom is 0.421 e. The van der Waals surface area contributed by atoms with Gasteiger partial charge in [-0.15, -0.1) is 11.3 Å². The van der Waals surface area contributed by atoms with Crippen LogP contribution in [0, 0.1) is 0 Å². The van der Waals surface area contributed by atoms with Gasteiger partial charge in [0, 0.05) is 45.0 Å². The molecule has 2 saturated heterocycles. The van der Waals surface area contributed by atoms with Crippen LogP contribution in [0.25, 0.3) is 0 Å². The van der Waals surface area contributed by atoms with Crippen molar-refractivity contribution in [1.82, 2.24) is 9.21 Å². The first-order valence-electron chi connectivity index (χ1n) is 11.4. The highest BCUT2D eigenvalue weighted by Gasteiger charge is 2.51. The average molecular weight is 534 g/mol. The molecular formula is C23H30F3N3O4S2. The molecule has 1 unspecified atom stereocenters. The first kappa shape index (κ1) is 26.4. The lowest BCUT2D eigenvalue weighted by atomic mass is 9.95. The number of thiophene rings is 1. The fourth-order valence-electron chi connectivity index (χ4n) is 4.57. The van der Waals surface area contributed by atoms with Crippen molar-refractivity contribution in [1.29, 1.82) is 0 Å². The predicted octanol–water partition coefficient (Wildman–Crippen LogP) is 3.12. The van der Waals surface area contributed by atoms with E-state index in [1.807, 2.05) is 11.8 Å². The van der Waals surface area contributed by atoms with Crippen LogP contribution >= 0.6 is 11.3 Å². The Labute approximate surface area is 207 Å². The van der Waals surface area contributed by atoms with E-state index < -0.39 is 21.8 Å². The Morgan fingerprint density at radius 1 is 1.11 bits per heavy atom. The fourth-order valence-corrected chi connectivity index (χ4v) is 7.19. The highest BCUT2D eigenvalue weighted by Crippen LogP contribution is 2.39. The molecular weight excluding hydrogens is 503 g/mol. The highest BCUT2D eigenvalue weighted by atomic mass is 32.2. The molecule has 2 aliphatic rings. The summed E-state index contributed by atoms with van der Waals surface area (Å²) in [6.07, 6.45) is -4.73. The van der Waals surface area contributed by atoms with Crippen molar-refractivity contribution in [2.45, 2.75) is 42.0 Å². The van der Waals surface area contributed by atoms with E-state index >= 15 is 0 Å². The number of nitrogens with zero attached hydrogens (tertiary/aromatic N) is 3. The fraction of sp³-hybridized carbons (Fsp3) is 0.565. The Morgan fingerprint density at radius 2 is 1.83 bits per heavy atom. The standard InChI is InChI=1S/C23H30F3N3O4S2/c1-17-14-27(11-12-33-17)15-20-16-28(35(31,32)21-4-3-13-34-21)9-10-29(20)19-7-5-18(6-8-19)22(2,30)23(24,25)26/h3-8,13,17,20,30H,9-12,14-16H2,1-2H3/t17-,20+,22?/m0/s1. The monoisotopic (exact) mass is 533 g/mol. The summed E-state index contributed by atoms with van der Waals surface area (Å²) in [4.78, 5) is 4.28. The molecule has 0 aliphatic carbocycles. The van der Waals surface area contributed by atoms with Gasteiger partial charge in [-0.05, 0) is 43.0 Å². The molecule has 2 aromatic rings. The molecule has 4 rings (SSSR count). The van der Waals surface area contributed by atoms with E-state index in [-0.39, 0.29) is 30.8 Å². The number of hydrogen-bond donors (Lipinski definition) is 1. The van der Waals surface area contributed by atoms with Crippen LogP contribution in [0.1, 0.15) is 19.4 Å². The predicted molar refractivity (Wildman–Crippen MR) is 128 cm³/mol. The summed E-state index contributed by atoms with van der Waals surface area (Å²) >= 11 is 1.18. The van der Waals surface area contributed by atoms with Crippen molar-refractivity contribution < 1.29 is 31.4 Å². The minimum Gasteiger partial charge on any atom is -0.376 e. The largest absolute Gasteiger partial charge is 0.421 e. The van der Waals surface area contributed by atoms with Crippen molar-refractivity contribution in [3.63, 3.8) is 0 Å². The lowest BCUT2D eigenvalue weighted by molar-refractivity contribution is -0.258. The van der Waals surface area contributed by atoms with E-state index in [0.29, 0.717) is 29.6 Å². The summed E-state index contributed by atoms with van der Waals surface area (Å²) in [5, 5.41) is 11.7. The number of hydrogen-bond acceptors (Lipinski definition) is 7. The second kappa shape index (κ2) is 9.98. The molecule has 194 valence electrons. The van der Waals surface area contributed by atoms with Gasteiger partial charge in [-0.25, -0.2) is 8.42 Å². The van der Waals surface area contributed by atoms with Gasteiger partial charge in [-0.1, -0.05) is 18.2 Å². The minimum atomic E-state index is -4.80. The number of rotatable bonds is 6. The summed E-state index contributed by atoms with van der Waals surface area (Å²) in [5.74, 6) is 0. The van der Waals surface area contributed by atoms with Crippen molar-refractivity contribution in [2.75, 3.05) is 50.8 Å². The molecule has 1 aromatic heterocycles. The van der Waals surface area contributed by atoms with Crippen molar-refractivity contribution in [3.05, 3.63) is 47.3 Å². The molecule has 12 heteroatoms. The van der Waals surface area contributed by atoms with Gasteiger partial charge in [0.15, 0.2) is 5.60 Å². The van der Waals surface area contributed by atoms with Crippen molar-refractivity contribution in [3.8, 4) is 0 Å². The van der Waals surface area contributed by atoms with Crippen LogP contribution in [0.2, 0.25) is 0 Å². The summed E-state index contributed by atoms with van der Waals surface area (Å²) in [6, 6.07) is 8.78. The molecule has 0 radical (unpaired) electrons. The number of anilines is 1. The molecule has 0 amide bonds. The van der Waals surface area contributed by atoms with Gasteiger partial charge < -0.3 is 14.7 Å². The van der Waals surface area contributed by atoms with Gasteiger partial charge in [0.1, 0.15) is 4.21 Å². The van der Waals surface area contributed by atoms with Gasteiger partial charge in [0.2, 0.25) is 0 Å². The van der Waals surface area contributed by atoms with Gasteiger partial charge >= 0.3 is 6.18 Å². The molecule has 0 saturated carbocycles. The Kier molecular flexibility index (Phi) is 7.52. The van der Waals surface area contributed by atoms with E-state index in [9.17, 15) is 26.7 Å². The van der Waals surface area contributed by atoms with Crippen molar-refractivity contribution in [2.24, 2.45) is 0 Å². The number of benzene rings is 1. The average Bonchev–Trinajstić information content (AvgIpc) is 3.34. The summed E-state index contributed by atoms with van der Waals surface area (Å²) in [6.45, 7) is 6.26. The Bertz CT molecular complexity index is 1090. The third-order valence-electron chi connectivity index (χ3n) is 6.64. The summed E-state index contributed by atoms with van der Waals surface area (Å²) in [5.41, 5.74) is -2.51. The second-order valence-corrected chi connectivity index (χ2v) is 12.3. The highest BCUT2D eigenvalue weighted by molar-refractivity contribution is 7.91. The van der Waals surface area contributed by atoms with Crippen LogP contribution in [0.3, 0.4) is 0 Å². The molecule has 3 atom stereocenters. The van der Waals surface area contributed by atoms with Gasteiger partial charge in [-0.3, -0.25) is 4.90 Å². The number of alkyl halides is 3. The molecule has 2 fully saturated rings. The van der Waals surface area contributed by atoms with E-state index in [1.54, 1.807) is 29.6 Å². The quantitative estimate of drug-likeness (QED) is 0.615. The van der Waals surface area contributed by atoms with Gasteiger partial charge in [0.05, 0.1) is 18.8 Å². The topological polar surface area (TPSA) is 73.3 Å². The molecule has 3 heterocycles. The lowest BCUT2D eigenvalue weighted by Gasteiger charge is -2.45. The number of sulfonamides is 1. The first-order chi connectivity index (χ1) is 16.4. The van der Waals surface area contributed by atoms with Gasteiger partial charge in [0.25, 0.3) is 10.0 Å². The van der Waals surface area contributed by atoms with Crippen molar-refractivity contribution >= 4 is 27.0 Å². The molecule has 35 heavy (non-hydrogen) atoms. The third-order valence-corrected chi connectivity index (χ3v) is 9.88. The number of piperazine rings is 1. The Morgan fingerprint density at radius 3 is 2.43 bits per heavy atom. The van der Waals surface area contributed by atoms with E-state index in [1.165, 1.54) is 27.8 Å². The molecule has 0 spiro atoms. The summed E-state index contributed by atoms with van der Waals surface area (Å²) < 4.78 is 73.6. The van der Waals surface area contributed by atoms with Crippen LogP contribution in [-0.4, -0.2) is 86.9 Å². The number of ether oxygens (including phenoxy) is 1.